The summed E-state index contributed by atoms with van der Waals surface area (Å²) in [4.78, 5) is 17.7. The van der Waals surface area contributed by atoms with Crippen LogP contribution < -0.4 is 5.32 Å². The van der Waals surface area contributed by atoms with Gasteiger partial charge in [0.05, 0.1) is 5.56 Å². The van der Waals surface area contributed by atoms with Gasteiger partial charge in [-0.2, -0.15) is 4.39 Å². The highest BCUT2D eigenvalue weighted by atomic mass is 19.1. The van der Waals surface area contributed by atoms with Crippen molar-refractivity contribution in [1.82, 2.24) is 15.2 Å². The Balaban J connectivity index is 1.76. The summed E-state index contributed by atoms with van der Waals surface area (Å²) in [6, 6.07) is 2.66. The molecule has 0 spiro atoms. The van der Waals surface area contributed by atoms with Crippen molar-refractivity contribution in [1.29, 1.82) is 0 Å². The van der Waals surface area contributed by atoms with Crippen LogP contribution in [0.3, 0.4) is 0 Å². The lowest BCUT2D eigenvalue weighted by Gasteiger charge is -2.31. The molecule has 0 atom stereocenters. The Morgan fingerprint density at radius 3 is 2.79 bits per heavy atom. The first-order valence-corrected chi connectivity index (χ1v) is 6.81. The van der Waals surface area contributed by atoms with Crippen LogP contribution in [-0.4, -0.2) is 42.0 Å². The van der Waals surface area contributed by atoms with E-state index in [0.717, 1.165) is 32.5 Å². The Bertz CT molecular complexity index is 413. The van der Waals surface area contributed by atoms with Gasteiger partial charge in [-0.3, -0.25) is 4.79 Å². The lowest BCUT2D eigenvalue weighted by atomic mass is 9.97. The average molecular weight is 265 g/mol. The lowest BCUT2D eigenvalue weighted by Crippen LogP contribution is -2.38. The molecule has 19 heavy (non-hydrogen) atoms. The maximum absolute atomic E-state index is 12.6. The van der Waals surface area contributed by atoms with E-state index in [-0.39, 0.29) is 5.91 Å². The van der Waals surface area contributed by atoms with Crippen LogP contribution in [0.1, 0.15) is 30.1 Å². The van der Waals surface area contributed by atoms with Gasteiger partial charge in [-0.05, 0) is 50.5 Å². The monoisotopic (exact) mass is 265 g/mol. The van der Waals surface area contributed by atoms with E-state index >= 15 is 0 Å². The second-order valence-corrected chi connectivity index (χ2v) is 4.96. The first-order valence-electron chi connectivity index (χ1n) is 6.81. The number of nitrogens with one attached hydrogen (secondary N) is 1. The molecule has 1 aliphatic rings. The molecule has 0 radical (unpaired) electrons. The van der Waals surface area contributed by atoms with E-state index in [1.165, 1.54) is 18.3 Å². The number of carbonyl (C=O) groups is 1. The third kappa shape index (κ3) is 3.99. The smallest absolute Gasteiger partial charge is 0.252 e. The lowest BCUT2D eigenvalue weighted by molar-refractivity contribution is 0.0936. The molecule has 4 nitrogen and oxygen atoms in total. The molecule has 1 N–H and O–H groups in total. The summed E-state index contributed by atoms with van der Waals surface area (Å²) in [6.07, 6.45) is 3.51. The third-order valence-corrected chi connectivity index (χ3v) is 3.70. The van der Waals surface area contributed by atoms with Gasteiger partial charge in [0, 0.05) is 12.7 Å². The highest BCUT2D eigenvalue weighted by molar-refractivity contribution is 5.93. The summed E-state index contributed by atoms with van der Waals surface area (Å²) in [6.45, 7) is 6.17. The number of likely N-dealkylation sites (tertiary alicyclic amines) is 1. The van der Waals surface area contributed by atoms with Crippen molar-refractivity contribution in [2.24, 2.45) is 5.92 Å². The standard InChI is InChI=1S/C14H20FN3O/c1-2-18-7-5-11(6-8-18)9-17-14(19)12-3-4-13(15)16-10-12/h3-4,10-11H,2,5-9H2,1H3,(H,17,19). The Hall–Kier alpha value is -1.49. The number of halogens is 1. The zero-order valence-electron chi connectivity index (χ0n) is 11.2. The molecule has 0 aliphatic carbocycles. The minimum atomic E-state index is -0.566. The molecule has 1 aromatic rings. The molecule has 1 aliphatic heterocycles. The molecule has 1 saturated heterocycles. The minimum absolute atomic E-state index is 0.176. The quantitative estimate of drug-likeness (QED) is 0.843. The van der Waals surface area contributed by atoms with E-state index in [4.69, 9.17) is 0 Å². The normalized spacial score (nSPS) is 17.4. The van der Waals surface area contributed by atoms with Crippen molar-refractivity contribution in [2.75, 3.05) is 26.2 Å². The molecule has 1 fully saturated rings. The first kappa shape index (κ1) is 13.9. The first-order chi connectivity index (χ1) is 9.19. The SMILES string of the molecule is CCN1CCC(CNC(=O)c2ccc(F)nc2)CC1. The number of carbonyl (C=O) groups excluding carboxylic acids is 1. The number of piperidine rings is 1. The van der Waals surface area contributed by atoms with Gasteiger partial charge in [-0.25, -0.2) is 4.98 Å². The fourth-order valence-electron chi connectivity index (χ4n) is 2.36. The largest absolute Gasteiger partial charge is 0.352 e. The van der Waals surface area contributed by atoms with E-state index in [1.54, 1.807) is 0 Å². The van der Waals surface area contributed by atoms with Gasteiger partial charge < -0.3 is 10.2 Å². The molecule has 5 heteroatoms. The zero-order valence-corrected chi connectivity index (χ0v) is 11.2. The predicted octanol–water partition coefficient (Wildman–Crippen LogP) is 1.68. The number of amides is 1. The van der Waals surface area contributed by atoms with Crippen LogP contribution in [0.15, 0.2) is 18.3 Å². The maximum Gasteiger partial charge on any atom is 0.252 e. The zero-order chi connectivity index (χ0) is 13.7. The number of aromatic nitrogens is 1. The minimum Gasteiger partial charge on any atom is -0.352 e. The fraction of sp³-hybridized carbons (Fsp3) is 0.571. The number of pyridine rings is 1. The summed E-state index contributed by atoms with van der Waals surface area (Å²) in [5, 5.41) is 2.90. The maximum atomic E-state index is 12.6. The van der Waals surface area contributed by atoms with Crippen LogP contribution in [0.5, 0.6) is 0 Å². The number of rotatable bonds is 4. The third-order valence-electron chi connectivity index (χ3n) is 3.70. The van der Waals surface area contributed by atoms with Crippen LogP contribution in [0.2, 0.25) is 0 Å². The van der Waals surface area contributed by atoms with Crippen LogP contribution >= 0.6 is 0 Å². The van der Waals surface area contributed by atoms with E-state index < -0.39 is 5.95 Å². The Kier molecular flexibility index (Phi) is 4.85. The summed E-state index contributed by atoms with van der Waals surface area (Å²) >= 11 is 0. The predicted molar refractivity (Wildman–Crippen MR) is 71.4 cm³/mol. The summed E-state index contributed by atoms with van der Waals surface area (Å²) in [7, 11) is 0. The van der Waals surface area contributed by atoms with E-state index in [1.807, 2.05) is 0 Å². The number of hydrogen-bond donors (Lipinski definition) is 1. The van der Waals surface area contributed by atoms with Gasteiger partial charge in [-0.15, -0.1) is 0 Å². The van der Waals surface area contributed by atoms with Gasteiger partial charge in [0.1, 0.15) is 0 Å². The van der Waals surface area contributed by atoms with Crippen molar-refractivity contribution in [3.8, 4) is 0 Å². The second-order valence-electron chi connectivity index (χ2n) is 4.96. The van der Waals surface area contributed by atoms with E-state index in [0.29, 0.717) is 18.0 Å². The molecule has 0 unspecified atom stereocenters. The van der Waals surface area contributed by atoms with Crippen molar-refractivity contribution in [3.63, 3.8) is 0 Å². The Labute approximate surface area is 113 Å². The highest BCUT2D eigenvalue weighted by Crippen LogP contribution is 2.16. The summed E-state index contributed by atoms with van der Waals surface area (Å²) in [5.74, 6) is -0.200. The van der Waals surface area contributed by atoms with Crippen molar-refractivity contribution in [2.45, 2.75) is 19.8 Å². The molecule has 1 amide bonds. The molecule has 0 bridgehead atoms. The molecule has 0 aromatic carbocycles. The van der Waals surface area contributed by atoms with Crippen molar-refractivity contribution < 1.29 is 9.18 Å². The molecular weight excluding hydrogens is 245 g/mol. The fourth-order valence-corrected chi connectivity index (χ4v) is 2.36. The highest BCUT2D eigenvalue weighted by Gasteiger charge is 2.18. The van der Waals surface area contributed by atoms with Gasteiger partial charge >= 0.3 is 0 Å². The van der Waals surface area contributed by atoms with Gasteiger partial charge in [0.15, 0.2) is 0 Å². The number of hydrogen-bond acceptors (Lipinski definition) is 3. The number of nitrogens with zero attached hydrogens (tertiary/aromatic N) is 2. The van der Waals surface area contributed by atoms with Crippen molar-refractivity contribution in [3.05, 3.63) is 29.8 Å². The topological polar surface area (TPSA) is 45.2 Å². The van der Waals surface area contributed by atoms with Crippen LogP contribution in [0, 0.1) is 11.9 Å². The molecule has 1 aromatic heterocycles. The Morgan fingerprint density at radius 1 is 1.47 bits per heavy atom. The van der Waals surface area contributed by atoms with Gasteiger partial charge in [-0.1, -0.05) is 6.92 Å². The van der Waals surface area contributed by atoms with Crippen LogP contribution in [-0.2, 0) is 0 Å². The molecule has 104 valence electrons. The molecule has 0 saturated carbocycles. The summed E-state index contributed by atoms with van der Waals surface area (Å²) < 4.78 is 12.6. The van der Waals surface area contributed by atoms with Gasteiger partial charge in [0.2, 0.25) is 5.95 Å². The average Bonchev–Trinajstić information content (AvgIpc) is 2.46. The van der Waals surface area contributed by atoms with Crippen LogP contribution in [0.25, 0.3) is 0 Å². The Morgan fingerprint density at radius 2 is 2.21 bits per heavy atom. The molecule has 2 heterocycles. The molecule has 2 rings (SSSR count). The van der Waals surface area contributed by atoms with Crippen molar-refractivity contribution >= 4 is 5.91 Å². The summed E-state index contributed by atoms with van der Waals surface area (Å²) in [5.41, 5.74) is 0.410. The van der Waals surface area contributed by atoms with E-state index in [2.05, 4.69) is 22.1 Å². The van der Waals surface area contributed by atoms with Crippen LogP contribution in [0.4, 0.5) is 4.39 Å². The second kappa shape index (κ2) is 6.61. The van der Waals surface area contributed by atoms with E-state index in [9.17, 15) is 9.18 Å². The molecular formula is C14H20FN3O. The van der Waals surface area contributed by atoms with Gasteiger partial charge in [0.25, 0.3) is 5.91 Å².